The van der Waals surface area contributed by atoms with Crippen molar-refractivity contribution in [2.45, 2.75) is 53.7 Å². The molecule has 0 saturated carbocycles. The highest BCUT2D eigenvalue weighted by atomic mass is 19.4. The van der Waals surface area contributed by atoms with E-state index in [-0.39, 0.29) is 0 Å². The smallest absolute Gasteiger partial charge is 0.319 e. The Morgan fingerprint density at radius 1 is 0.333 bits per heavy atom. The zero-order valence-electron chi connectivity index (χ0n) is 13.1. The van der Waals surface area contributed by atoms with Crippen LogP contribution in [0.4, 0.5) is 83.4 Å². The Morgan fingerprint density at radius 2 is 0.533 bits per heavy atom. The van der Waals surface area contributed by atoms with Crippen molar-refractivity contribution in [1.82, 2.24) is 0 Å². The van der Waals surface area contributed by atoms with Crippen molar-refractivity contribution < 1.29 is 88.2 Å². The standard InChI is InChI=1S/C10H3F19O/c1-30-10(28,29)8(23,24)6(19,20)4(15,16)2(11,12)3(13,14)5(17,18)7(21,22)9(25,26)27/h1H3. The van der Waals surface area contributed by atoms with Crippen LogP contribution in [0.25, 0.3) is 0 Å². The second-order valence-electron chi connectivity index (χ2n) is 5.24. The molecule has 0 atom stereocenters. The van der Waals surface area contributed by atoms with Gasteiger partial charge >= 0.3 is 53.7 Å². The number of hydrogen-bond acceptors (Lipinski definition) is 1. The van der Waals surface area contributed by atoms with Gasteiger partial charge in [-0.3, -0.25) is 0 Å². The van der Waals surface area contributed by atoms with Crippen molar-refractivity contribution in [3.05, 3.63) is 0 Å². The molecule has 0 spiro atoms. The second kappa shape index (κ2) is 6.81. The number of alkyl halides is 19. The van der Waals surface area contributed by atoms with Crippen LogP contribution in [-0.2, 0) is 4.74 Å². The third-order valence-electron chi connectivity index (χ3n) is 3.34. The Hall–Kier alpha value is -1.37. The SMILES string of the molecule is COC(F)(F)C(F)(F)C(F)(F)C(F)(F)C(F)(F)C(F)(F)C(F)(F)C(F)(F)C(F)(F)F. The Bertz CT molecular complexity index is 628. The average Bonchev–Trinajstić information content (AvgIpc) is 2.52. The molecule has 0 aliphatic carbocycles. The van der Waals surface area contributed by atoms with Crippen LogP contribution in [-0.4, -0.2) is 60.9 Å². The highest BCUT2D eigenvalue weighted by molar-refractivity contribution is 5.15. The topological polar surface area (TPSA) is 9.23 Å². The van der Waals surface area contributed by atoms with Crippen molar-refractivity contribution in [3.8, 4) is 0 Å². The van der Waals surface area contributed by atoms with Crippen molar-refractivity contribution in [2.75, 3.05) is 7.11 Å². The van der Waals surface area contributed by atoms with Gasteiger partial charge < -0.3 is 4.74 Å². The van der Waals surface area contributed by atoms with Gasteiger partial charge in [-0.1, -0.05) is 0 Å². The molecule has 0 aromatic heterocycles. The van der Waals surface area contributed by atoms with Crippen molar-refractivity contribution in [3.63, 3.8) is 0 Å². The number of methoxy groups -OCH3 is 1. The van der Waals surface area contributed by atoms with Crippen LogP contribution in [0.3, 0.4) is 0 Å². The summed E-state index contributed by atoms with van der Waals surface area (Å²) in [5, 5.41) is 0. The van der Waals surface area contributed by atoms with Crippen LogP contribution in [0.2, 0.25) is 0 Å². The summed E-state index contributed by atoms with van der Waals surface area (Å²) >= 11 is 0. The van der Waals surface area contributed by atoms with Crippen molar-refractivity contribution in [1.29, 1.82) is 0 Å². The summed E-state index contributed by atoms with van der Waals surface area (Å²) in [5.41, 5.74) is 0. The van der Waals surface area contributed by atoms with Gasteiger partial charge in [0.2, 0.25) is 0 Å². The molecule has 0 heterocycles. The normalized spacial score (nSPS) is 16.8. The Kier molecular flexibility index (Phi) is 6.50. The molecule has 0 N–H and O–H groups in total. The largest absolute Gasteiger partial charge is 0.460 e. The summed E-state index contributed by atoms with van der Waals surface area (Å²) in [4.78, 5) is 0. The number of rotatable bonds is 8. The molecule has 30 heavy (non-hydrogen) atoms. The first-order valence-corrected chi connectivity index (χ1v) is 6.20. The molecule has 0 aromatic rings. The van der Waals surface area contributed by atoms with Gasteiger partial charge in [0.15, 0.2) is 0 Å². The second-order valence-corrected chi connectivity index (χ2v) is 5.24. The first-order chi connectivity index (χ1) is 12.6. The van der Waals surface area contributed by atoms with Gasteiger partial charge in [-0.05, 0) is 0 Å². The summed E-state index contributed by atoms with van der Waals surface area (Å²) in [6.45, 7) is 0. The molecule has 0 aliphatic heterocycles. The van der Waals surface area contributed by atoms with Gasteiger partial charge in [-0.15, -0.1) is 0 Å². The summed E-state index contributed by atoms with van der Waals surface area (Å²) in [5.74, 6) is -60.0. The average molecular weight is 500 g/mol. The Labute approximate surface area is 150 Å². The number of hydrogen-bond donors (Lipinski definition) is 0. The zero-order valence-corrected chi connectivity index (χ0v) is 13.1. The molecule has 0 fully saturated rings. The number of ether oxygens (including phenoxy) is 1. The zero-order chi connectivity index (χ0) is 25.2. The minimum Gasteiger partial charge on any atom is -0.319 e. The molecule has 1 nitrogen and oxygen atoms in total. The van der Waals surface area contributed by atoms with E-state index < -0.39 is 60.9 Å². The minimum atomic E-state index is -8.91. The van der Waals surface area contributed by atoms with Gasteiger partial charge in [0.1, 0.15) is 0 Å². The summed E-state index contributed by atoms with van der Waals surface area (Å²) in [6, 6.07) is 0. The van der Waals surface area contributed by atoms with E-state index >= 15 is 0 Å². The predicted octanol–water partition coefficient (Wildman–Crippen LogP) is 6.24. The molecule has 0 rings (SSSR count). The van der Waals surface area contributed by atoms with E-state index in [0.29, 0.717) is 0 Å². The van der Waals surface area contributed by atoms with Gasteiger partial charge in [0.05, 0.1) is 0 Å². The molecule has 182 valence electrons. The van der Waals surface area contributed by atoms with Crippen LogP contribution in [0.15, 0.2) is 0 Å². The first-order valence-electron chi connectivity index (χ1n) is 6.20. The highest BCUT2D eigenvalue weighted by Crippen LogP contribution is 2.65. The lowest BCUT2D eigenvalue weighted by Gasteiger charge is -2.43. The van der Waals surface area contributed by atoms with Crippen LogP contribution in [0, 0.1) is 0 Å². The molecule has 0 aromatic carbocycles. The fraction of sp³-hybridized carbons (Fsp3) is 1.00. The molecule has 0 aliphatic rings. The van der Waals surface area contributed by atoms with Crippen LogP contribution < -0.4 is 0 Å². The molecule has 20 heteroatoms. The van der Waals surface area contributed by atoms with E-state index in [4.69, 9.17) is 0 Å². The lowest BCUT2D eigenvalue weighted by atomic mass is 9.88. The van der Waals surface area contributed by atoms with Crippen LogP contribution in [0.1, 0.15) is 0 Å². The maximum Gasteiger partial charge on any atom is 0.460 e. The van der Waals surface area contributed by atoms with Crippen LogP contribution in [0.5, 0.6) is 0 Å². The molecule has 0 amide bonds. The number of halogens is 19. The Balaban J connectivity index is 6.85. The third kappa shape index (κ3) is 3.23. The monoisotopic (exact) mass is 500 g/mol. The molecule has 0 unspecified atom stereocenters. The fourth-order valence-corrected chi connectivity index (χ4v) is 1.47. The summed E-state index contributed by atoms with van der Waals surface area (Å²) in [7, 11) is -0.632. The first kappa shape index (κ1) is 28.6. The van der Waals surface area contributed by atoms with E-state index in [1.165, 1.54) is 0 Å². The van der Waals surface area contributed by atoms with Gasteiger partial charge in [-0.2, -0.15) is 83.4 Å². The van der Waals surface area contributed by atoms with Gasteiger partial charge in [0.25, 0.3) is 0 Å². The molecule has 0 bridgehead atoms. The van der Waals surface area contributed by atoms with Crippen molar-refractivity contribution >= 4 is 0 Å². The summed E-state index contributed by atoms with van der Waals surface area (Å²) < 4.78 is 244. The lowest BCUT2D eigenvalue weighted by molar-refractivity contribution is -0.480. The quantitative estimate of drug-likeness (QED) is 0.359. The predicted molar refractivity (Wildman–Crippen MR) is 52.6 cm³/mol. The maximum absolute atomic E-state index is 13.1. The fourth-order valence-electron chi connectivity index (χ4n) is 1.47. The molecular formula is C10H3F19O. The highest BCUT2D eigenvalue weighted by Gasteiger charge is 2.96. The maximum atomic E-state index is 13.1. The minimum absolute atomic E-state index is 0.632. The van der Waals surface area contributed by atoms with Gasteiger partial charge in [0, 0.05) is 7.11 Å². The van der Waals surface area contributed by atoms with E-state index in [1.807, 2.05) is 0 Å². The van der Waals surface area contributed by atoms with E-state index in [2.05, 4.69) is 4.74 Å². The molecule has 0 radical (unpaired) electrons. The van der Waals surface area contributed by atoms with E-state index in [0.717, 1.165) is 0 Å². The van der Waals surface area contributed by atoms with Crippen LogP contribution >= 0.6 is 0 Å². The van der Waals surface area contributed by atoms with Crippen molar-refractivity contribution in [2.24, 2.45) is 0 Å². The summed E-state index contributed by atoms with van der Waals surface area (Å²) in [6.07, 6.45) is -14.8. The lowest BCUT2D eigenvalue weighted by Crippen LogP contribution is -2.75. The van der Waals surface area contributed by atoms with E-state index in [9.17, 15) is 83.4 Å². The third-order valence-corrected chi connectivity index (χ3v) is 3.34. The Morgan fingerprint density at radius 3 is 0.733 bits per heavy atom. The van der Waals surface area contributed by atoms with E-state index in [1.54, 1.807) is 0 Å². The molecular weight excluding hydrogens is 497 g/mol. The molecule has 0 saturated heterocycles. The van der Waals surface area contributed by atoms with Gasteiger partial charge in [-0.25, -0.2) is 0 Å².